The van der Waals surface area contributed by atoms with Gasteiger partial charge in [-0.2, -0.15) is 0 Å². The van der Waals surface area contributed by atoms with Crippen molar-refractivity contribution in [2.45, 2.75) is 19.5 Å². The maximum absolute atomic E-state index is 12.6. The molecule has 2 aromatic rings. The number of amides is 1. The zero-order chi connectivity index (χ0) is 19.6. The first-order chi connectivity index (χ1) is 12.9. The molecule has 142 valence electrons. The molecule has 0 aliphatic carbocycles. The van der Waals surface area contributed by atoms with Gasteiger partial charge in [0.05, 0.1) is 25.3 Å². The van der Waals surface area contributed by atoms with Gasteiger partial charge >= 0.3 is 0 Å². The molecule has 3 rings (SSSR count). The second-order valence-corrected chi connectivity index (χ2v) is 6.15. The van der Waals surface area contributed by atoms with Gasteiger partial charge in [-0.15, -0.1) is 0 Å². The van der Waals surface area contributed by atoms with E-state index in [4.69, 9.17) is 9.47 Å². The first-order valence-electron chi connectivity index (χ1n) is 8.29. The first-order valence-corrected chi connectivity index (χ1v) is 8.29. The fourth-order valence-corrected chi connectivity index (χ4v) is 3.09. The number of nitrogens with zero attached hydrogens (tertiary/aromatic N) is 3. The fraction of sp³-hybridized carbons (Fsp3) is 0.333. The molecule has 1 aliphatic rings. The first kappa shape index (κ1) is 18.4. The van der Waals surface area contributed by atoms with Crippen molar-refractivity contribution in [3.63, 3.8) is 0 Å². The Labute approximate surface area is 154 Å². The highest BCUT2D eigenvalue weighted by atomic mass is 16.6. The van der Waals surface area contributed by atoms with E-state index in [1.165, 1.54) is 0 Å². The number of pyridine rings is 1. The van der Waals surface area contributed by atoms with E-state index in [0.29, 0.717) is 31.0 Å². The molecule has 0 unspecified atom stereocenters. The van der Waals surface area contributed by atoms with Gasteiger partial charge in [0.1, 0.15) is 6.54 Å². The number of hydrogen-bond acceptors (Lipinski definition) is 6. The largest absolute Gasteiger partial charge is 0.493 e. The van der Waals surface area contributed by atoms with E-state index in [0.717, 1.165) is 34.0 Å². The van der Waals surface area contributed by atoms with Crippen LogP contribution in [-0.2, 0) is 24.3 Å². The molecule has 0 radical (unpaired) electrons. The summed E-state index contributed by atoms with van der Waals surface area (Å²) in [4.78, 5) is 36.4. The predicted molar refractivity (Wildman–Crippen MR) is 96.0 cm³/mol. The summed E-state index contributed by atoms with van der Waals surface area (Å²) in [7, 11) is 3.12. The average molecular weight is 373 g/mol. The topological polar surface area (TPSA) is 104 Å². The van der Waals surface area contributed by atoms with E-state index < -0.39 is 10.5 Å². The van der Waals surface area contributed by atoms with Crippen LogP contribution >= 0.6 is 0 Å². The van der Waals surface area contributed by atoms with E-state index in [1.54, 1.807) is 19.1 Å². The second-order valence-electron chi connectivity index (χ2n) is 6.15. The lowest BCUT2D eigenvalue weighted by atomic mass is 9.98. The summed E-state index contributed by atoms with van der Waals surface area (Å²) in [5, 5.41) is 10.9. The van der Waals surface area contributed by atoms with Crippen LogP contribution in [0.25, 0.3) is 0 Å². The van der Waals surface area contributed by atoms with Crippen molar-refractivity contribution in [3.8, 4) is 11.5 Å². The monoisotopic (exact) mass is 373 g/mol. The summed E-state index contributed by atoms with van der Waals surface area (Å²) in [5.74, 6) is 0.942. The molecule has 0 spiro atoms. The van der Waals surface area contributed by atoms with Gasteiger partial charge in [0.25, 0.3) is 11.2 Å². The van der Waals surface area contributed by atoms with E-state index in [1.807, 2.05) is 12.1 Å². The number of benzene rings is 1. The molecule has 0 N–H and O–H groups in total. The number of rotatable bonds is 5. The zero-order valence-electron chi connectivity index (χ0n) is 15.0. The van der Waals surface area contributed by atoms with Crippen LogP contribution in [0.15, 0.2) is 35.3 Å². The van der Waals surface area contributed by atoms with Gasteiger partial charge in [0.15, 0.2) is 11.5 Å². The lowest BCUT2D eigenvalue weighted by molar-refractivity contribution is -0.385. The van der Waals surface area contributed by atoms with Gasteiger partial charge in [0, 0.05) is 25.2 Å². The molecule has 1 amide bonds. The molecule has 0 saturated heterocycles. The Bertz CT molecular complexity index is 953. The van der Waals surface area contributed by atoms with Crippen molar-refractivity contribution in [2.24, 2.45) is 0 Å². The number of fused-ring (bicyclic) bond motifs is 1. The Morgan fingerprint density at radius 3 is 2.48 bits per heavy atom. The third kappa shape index (κ3) is 3.76. The Balaban J connectivity index is 1.79. The smallest absolute Gasteiger partial charge is 0.285 e. The second kappa shape index (κ2) is 7.48. The maximum Gasteiger partial charge on any atom is 0.285 e. The summed E-state index contributed by atoms with van der Waals surface area (Å²) < 4.78 is 11.7. The van der Waals surface area contributed by atoms with Crippen molar-refractivity contribution in [1.82, 2.24) is 9.47 Å². The van der Waals surface area contributed by atoms with Crippen LogP contribution < -0.4 is 15.0 Å². The highest BCUT2D eigenvalue weighted by Crippen LogP contribution is 2.33. The van der Waals surface area contributed by atoms with E-state index in [-0.39, 0.29) is 18.1 Å². The van der Waals surface area contributed by atoms with E-state index >= 15 is 0 Å². The molecular weight excluding hydrogens is 354 g/mol. The number of ether oxygens (including phenoxy) is 2. The van der Waals surface area contributed by atoms with Gasteiger partial charge in [-0.3, -0.25) is 24.3 Å². The average Bonchev–Trinajstić information content (AvgIpc) is 2.67. The molecule has 0 atom stereocenters. The predicted octanol–water partition coefficient (Wildman–Crippen LogP) is 1.36. The Hall–Kier alpha value is -3.36. The van der Waals surface area contributed by atoms with Crippen molar-refractivity contribution >= 4 is 11.6 Å². The highest BCUT2D eigenvalue weighted by Gasteiger charge is 2.23. The van der Waals surface area contributed by atoms with E-state index in [9.17, 15) is 19.7 Å². The molecule has 0 fully saturated rings. The van der Waals surface area contributed by atoms with Gasteiger partial charge < -0.3 is 14.4 Å². The summed E-state index contributed by atoms with van der Waals surface area (Å²) in [6.45, 7) is 0.617. The Morgan fingerprint density at radius 2 is 1.85 bits per heavy atom. The van der Waals surface area contributed by atoms with Crippen LogP contribution in [0.3, 0.4) is 0 Å². The minimum absolute atomic E-state index is 0.233. The molecular formula is C18H19N3O6. The molecule has 9 nitrogen and oxygen atoms in total. The molecule has 27 heavy (non-hydrogen) atoms. The zero-order valence-corrected chi connectivity index (χ0v) is 15.0. The SMILES string of the molecule is COc1cc2c(cc1OC)CN(C(=O)Cn1cc([N+](=O)[O-])ccc1=O)CC2. The number of carbonyl (C=O) groups is 1. The number of carbonyl (C=O) groups excluding carboxylic acids is 1. The summed E-state index contributed by atoms with van der Waals surface area (Å²) in [5.41, 5.74) is 1.32. The number of methoxy groups -OCH3 is 2. The van der Waals surface area contributed by atoms with Crippen molar-refractivity contribution in [2.75, 3.05) is 20.8 Å². The third-order valence-corrected chi connectivity index (χ3v) is 4.56. The van der Waals surface area contributed by atoms with E-state index in [2.05, 4.69) is 0 Å². The van der Waals surface area contributed by atoms with Crippen LogP contribution in [0.1, 0.15) is 11.1 Å². The summed E-state index contributed by atoms with van der Waals surface area (Å²) in [6, 6.07) is 5.96. The standard InChI is InChI=1S/C18H19N3O6/c1-26-15-7-12-5-6-19(9-13(12)8-16(15)27-2)18(23)11-20-10-14(21(24)25)3-4-17(20)22/h3-4,7-8,10H,5-6,9,11H2,1-2H3. The van der Waals surface area contributed by atoms with Gasteiger partial charge in [-0.05, 0) is 29.7 Å². The highest BCUT2D eigenvalue weighted by molar-refractivity contribution is 5.76. The maximum atomic E-state index is 12.6. The molecule has 9 heteroatoms. The third-order valence-electron chi connectivity index (χ3n) is 4.56. The van der Waals surface area contributed by atoms with Crippen molar-refractivity contribution in [1.29, 1.82) is 0 Å². The lowest BCUT2D eigenvalue weighted by Gasteiger charge is -2.29. The van der Waals surface area contributed by atoms with Gasteiger partial charge in [-0.1, -0.05) is 0 Å². The molecule has 1 aliphatic heterocycles. The van der Waals surface area contributed by atoms with Crippen LogP contribution in [0, 0.1) is 10.1 Å². The van der Waals surface area contributed by atoms with Crippen molar-refractivity contribution < 1.29 is 19.2 Å². The van der Waals surface area contributed by atoms with Crippen LogP contribution in [-0.4, -0.2) is 41.1 Å². The molecule has 1 aromatic carbocycles. The quantitative estimate of drug-likeness (QED) is 0.579. The molecule has 2 heterocycles. The number of hydrogen-bond donors (Lipinski definition) is 0. The minimum Gasteiger partial charge on any atom is -0.493 e. The van der Waals surface area contributed by atoms with Crippen LogP contribution in [0.4, 0.5) is 5.69 Å². The van der Waals surface area contributed by atoms with Crippen molar-refractivity contribution in [3.05, 3.63) is 62.1 Å². The van der Waals surface area contributed by atoms with Crippen LogP contribution in [0.5, 0.6) is 11.5 Å². The summed E-state index contributed by atoms with van der Waals surface area (Å²) >= 11 is 0. The summed E-state index contributed by atoms with van der Waals surface area (Å²) in [6.07, 6.45) is 1.73. The minimum atomic E-state index is -0.600. The normalized spacial score (nSPS) is 13.0. The van der Waals surface area contributed by atoms with Gasteiger partial charge in [0.2, 0.25) is 5.91 Å². The molecule has 0 bridgehead atoms. The van der Waals surface area contributed by atoms with Crippen LogP contribution in [0.2, 0.25) is 0 Å². The lowest BCUT2D eigenvalue weighted by Crippen LogP contribution is -2.39. The fourth-order valence-electron chi connectivity index (χ4n) is 3.09. The molecule has 1 aromatic heterocycles. The van der Waals surface area contributed by atoms with Gasteiger partial charge in [-0.25, -0.2) is 0 Å². The number of nitro groups is 1. The number of aromatic nitrogens is 1. The Morgan fingerprint density at radius 1 is 1.19 bits per heavy atom. The molecule has 0 saturated carbocycles. The Kier molecular flexibility index (Phi) is 5.11.